The summed E-state index contributed by atoms with van der Waals surface area (Å²) in [5.74, 6) is -0.375. The summed E-state index contributed by atoms with van der Waals surface area (Å²) in [6.07, 6.45) is 4.53. The van der Waals surface area contributed by atoms with Crippen molar-refractivity contribution in [3.8, 4) is 21.0 Å². The molecule has 0 spiro atoms. The van der Waals surface area contributed by atoms with Gasteiger partial charge < -0.3 is 4.55 Å². The third kappa shape index (κ3) is 3.60. The molecule has 0 saturated heterocycles. The van der Waals surface area contributed by atoms with Crippen molar-refractivity contribution >= 4 is 22.5 Å². The van der Waals surface area contributed by atoms with E-state index >= 15 is 0 Å². The number of pyridine rings is 1. The molecule has 3 nitrogen and oxygen atoms in total. The van der Waals surface area contributed by atoms with E-state index in [4.69, 9.17) is 0 Å². The molecule has 1 aromatic carbocycles. The van der Waals surface area contributed by atoms with Crippen LogP contribution in [-0.4, -0.2) is 19.8 Å². The Morgan fingerprint density at radius 3 is 2.48 bits per heavy atom. The highest BCUT2D eigenvalue weighted by Gasteiger charge is 2.15. The van der Waals surface area contributed by atoms with E-state index in [9.17, 15) is 8.94 Å². The summed E-state index contributed by atoms with van der Waals surface area (Å²) in [5, 5.41) is 0.818. The Balaban J connectivity index is 1.86. The Hall–Kier alpha value is -1.76. The molecule has 0 N–H and O–H groups in total. The lowest BCUT2D eigenvalue weighted by Gasteiger charge is -2.13. The third-order valence-corrected chi connectivity index (χ3v) is 5.95. The molecule has 0 aliphatic rings. The molecule has 0 aliphatic carbocycles. The highest BCUT2D eigenvalue weighted by Crippen LogP contribution is 2.32. The van der Waals surface area contributed by atoms with Gasteiger partial charge in [0.15, 0.2) is 4.90 Å². The van der Waals surface area contributed by atoms with Crippen LogP contribution in [0.5, 0.6) is 0 Å². The van der Waals surface area contributed by atoms with Gasteiger partial charge in [0.25, 0.3) is 0 Å². The van der Waals surface area contributed by atoms with E-state index in [0.717, 1.165) is 20.3 Å². The Morgan fingerprint density at radius 2 is 1.83 bits per heavy atom. The lowest BCUT2D eigenvalue weighted by Crippen LogP contribution is -2.13. The van der Waals surface area contributed by atoms with Crippen LogP contribution in [-0.2, 0) is 11.2 Å². The van der Waals surface area contributed by atoms with E-state index in [1.807, 2.05) is 38.1 Å². The second-order valence-electron chi connectivity index (χ2n) is 5.29. The first-order valence-corrected chi connectivity index (χ1v) is 9.15. The van der Waals surface area contributed by atoms with Crippen molar-refractivity contribution in [1.29, 1.82) is 0 Å². The van der Waals surface area contributed by atoms with Gasteiger partial charge >= 0.3 is 0 Å². The van der Waals surface area contributed by atoms with Gasteiger partial charge in [0.1, 0.15) is 16.1 Å². The maximum Gasteiger partial charge on any atom is 0.152 e. The molecule has 2 heterocycles. The lowest BCUT2D eigenvalue weighted by molar-refractivity contribution is 0.586. The number of thiazole rings is 1. The van der Waals surface area contributed by atoms with Crippen molar-refractivity contribution in [3.05, 3.63) is 54.7 Å². The highest BCUT2D eigenvalue weighted by molar-refractivity contribution is 7.92. The standard InChI is InChI=1S/C17H15FN2OS2/c1-11(2)23(21)15-5-3-12(4-6-15)16-10-20-17(22-16)13-7-14(18)9-19-8-13/h3-11H,1-2H3. The zero-order chi connectivity index (χ0) is 16.4. The van der Waals surface area contributed by atoms with Crippen LogP contribution in [0.15, 0.2) is 53.8 Å². The van der Waals surface area contributed by atoms with E-state index < -0.39 is 11.2 Å². The van der Waals surface area contributed by atoms with Gasteiger partial charge in [0, 0.05) is 18.0 Å². The van der Waals surface area contributed by atoms with Gasteiger partial charge in [-0.15, -0.1) is 11.3 Å². The highest BCUT2D eigenvalue weighted by atomic mass is 32.2. The fourth-order valence-electron chi connectivity index (χ4n) is 2.10. The van der Waals surface area contributed by atoms with Gasteiger partial charge in [-0.3, -0.25) is 4.98 Å². The molecular formula is C17H15FN2OS2. The first kappa shape index (κ1) is 16.1. The molecule has 118 valence electrons. The van der Waals surface area contributed by atoms with Crippen molar-refractivity contribution in [3.63, 3.8) is 0 Å². The molecule has 6 heteroatoms. The number of aromatic nitrogens is 2. The molecule has 0 bridgehead atoms. The average molecular weight is 346 g/mol. The van der Waals surface area contributed by atoms with E-state index in [-0.39, 0.29) is 11.1 Å². The van der Waals surface area contributed by atoms with Gasteiger partial charge in [-0.2, -0.15) is 0 Å². The molecule has 2 aromatic heterocycles. The molecular weight excluding hydrogens is 331 g/mol. The van der Waals surface area contributed by atoms with Crippen LogP contribution in [0.1, 0.15) is 13.8 Å². The number of halogens is 1. The van der Waals surface area contributed by atoms with E-state index in [1.165, 1.54) is 23.6 Å². The normalized spacial score (nSPS) is 12.6. The zero-order valence-electron chi connectivity index (χ0n) is 12.7. The molecule has 0 fully saturated rings. The molecule has 0 radical (unpaired) electrons. The molecule has 0 aliphatic heterocycles. The van der Waals surface area contributed by atoms with Crippen LogP contribution in [0.4, 0.5) is 4.39 Å². The van der Waals surface area contributed by atoms with Crippen LogP contribution in [0, 0.1) is 5.82 Å². The van der Waals surface area contributed by atoms with Crippen LogP contribution in [0.2, 0.25) is 0 Å². The minimum atomic E-state index is -0.989. The van der Waals surface area contributed by atoms with Crippen molar-refractivity contribution in [1.82, 2.24) is 9.97 Å². The third-order valence-electron chi connectivity index (χ3n) is 3.26. The Labute approximate surface area is 141 Å². The molecule has 1 atom stereocenters. The van der Waals surface area contributed by atoms with Crippen molar-refractivity contribution in [2.24, 2.45) is 0 Å². The molecule has 23 heavy (non-hydrogen) atoms. The topological polar surface area (TPSA) is 48.8 Å². The minimum Gasteiger partial charge on any atom is -0.611 e. The van der Waals surface area contributed by atoms with E-state index in [0.29, 0.717) is 5.56 Å². The number of nitrogens with zero attached hydrogens (tertiary/aromatic N) is 2. The summed E-state index contributed by atoms with van der Waals surface area (Å²) in [7, 11) is 0. The molecule has 3 aromatic rings. The minimum absolute atomic E-state index is 0.0938. The Kier molecular flexibility index (Phi) is 4.75. The number of rotatable bonds is 4. The Morgan fingerprint density at radius 1 is 1.09 bits per heavy atom. The first-order chi connectivity index (χ1) is 11.0. The second-order valence-corrected chi connectivity index (χ2v) is 8.33. The predicted octanol–water partition coefficient (Wildman–Crippen LogP) is 4.53. The van der Waals surface area contributed by atoms with Crippen LogP contribution >= 0.6 is 11.3 Å². The van der Waals surface area contributed by atoms with Crippen molar-refractivity contribution in [2.45, 2.75) is 24.0 Å². The summed E-state index contributed by atoms with van der Waals surface area (Å²) in [6.45, 7) is 3.87. The summed E-state index contributed by atoms with van der Waals surface area (Å²) >= 11 is 0.486. The smallest absolute Gasteiger partial charge is 0.152 e. The maximum atomic E-state index is 13.3. The van der Waals surface area contributed by atoms with Crippen LogP contribution < -0.4 is 0 Å². The molecule has 3 rings (SSSR count). The van der Waals surface area contributed by atoms with Gasteiger partial charge in [0.05, 0.1) is 11.1 Å². The van der Waals surface area contributed by atoms with E-state index in [2.05, 4.69) is 9.97 Å². The molecule has 1 unspecified atom stereocenters. The van der Waals surface area contributed by atoms with Crippen LogP contribution in [0.3, 0.4) is 0 Å². The summed E-state index contributed by atoms with van der Waals surface area (Å²) in [4.78, 5) is 9.99. The SMILES string of the molecule is CC(C)[S+]([O-])c1ccc(-c2cnc(-c3cncc(F)c3)s2)cc1. The molecule has 0 amide bonds. The average Bonchev–Trinajstić information content (AvgIpc) is 3.04. The van der Waals surface area contributed by atoms with Gasteiger partial charge in [-0.1, -0.05) is 0 Å². The maximum absolute atomic E-state index is 13.3. The number of hydrogen-bond donors (Lipinski definition) is 0. The van der Waals surface area contributed by atoms with Gasteiger partial charge in [-0.25, -0.2) is 9.37 Å². The first-order valence-electron chi connectivity index (χ1n) is 7.12. The number of hydrogen-bond acceptors (Lipinski definition) is 4. The van der Waals surface area contributed by atoms with Crippen molar-refractivity contribution in [2.75, 3.05) is 0 Å². The van der Waals surface area contributed by atoms with Crippen molar-refractivity contribution < 1.29 is 8.94 Å². The Bertz CT molecular complexity index is 802. The van der Waals surface area contributed by atoms with Gasteiger partial charge in [0.2, 0.25) is 0 Å². The summed E-state index contributed by atoms with van der Waals surface area (Å²) in [5.41, 5.74) is 1.67. The van der Waals surface area contributed by atoms with Crippen LogP contribution in [0.25, 0.3) is 21.0 Å². The largest absolute Gasteiger partial charge is 0.611 e. The summed E-state index contributed by atoms with van der Waals surface area (Å²) < 4.78 is 25.3. The summed E-state index contributed by atoms with van der Waals surface area (Å²) in [6, 6.07) is 9.07. The second kappa shape index (κ2) is 6.78. The van der Waals surface area contributed by atoms with E-state index in [1.54, 1.807) is 12.4 Å². The quantitative estimate of drug-likeness (QED) is 0.652. The predicted molar refractivity (Wildman–Crippen MR) is 92.3 cm³/mol. The fourth-order valence-corrected chi connectivity index (χ4v) is 3.95. The van der Waals surface area contributed by atoms with Gasteiger partial charge in [-0.05, 0) is 60.9 Å². The lowest BCUT2D eigenvalue weighted by atomic mass is 10.2. The molecule has 0 saturated carbocycles. The number of benzene rings is 1. The monoisotopic (exact) mass is 346 g/mol. The zero-order valence-corrected chi connectivity index (χ0v) is 14.3. The fraction of sp³-hybridized carbons (Fsp3) is 0.176.